The number of pyridine rings is 1. The van der Waals surface area contributed by atoms with Crippen LogP contribution in [-0.4, -0.2) is 29.5 Å². The average Bonchev–Trinajstić information content (AvgIpc) is 2.89. The minimum Gasteiger partial charge on any atom is -0.358 e. The molecular weight excluding hydrogens is 305 g/mol. The Morgan fingerprint density at radius 2 is 2.00 bits per heavy atom. The number of hydrogen-bond donors (Lipinski definition) is 0. The van der Waals surface area contributed by atoms with Crippen LogP contribution in [0.5, 0.6) is 0 Å². The van der Waals surface area contributed by atoms with Crippen molar-refractivity contribution in [1.82, 2.24) is 24.6 Å². The molecule has 3 heterocycles. The molecule has 0 saturated heterocycles. The van der Waals surface area contributed by atoms with Gasteiger partial charge >= 0.3 is 17.8 Å². The molecule has 0 aliphatic heterocycles. The van der Waals surface area contributed by atoms with Crippen LogP contribution in [0.25, 0.3) is 17.2 Å². The number of aromatic nitrogens is 5. The molecule has 0 amide bonds. The molecule has 0 saturated carbocycles. The highest BCUT2D eigenvalue weighted by molar-refractivity contribution is 5.60. The van der Waals surface area contributed by atoms with E-state index >= 15 is 0 Å². The van der Waals surface area contributed by atoms with Gasteiger partial charge < -0.3 is 10.1 Å². The van der Waals surface area contributed by atoms with Crippen molar-refractivity contribution in [2.75, 3.05) is 0 Å². The number of alkyl halides is 3. The Bertz CT molecular complexity index is 876. The van der Waals surface area contributed by atoms with Gasteiger partial charge in [-0.1, -0.05) is 9.61 Å². The normalized spacial score (nSPS) is 11.8. The Kier molecular flexibility index (Phi) is 2.97. The topological polar surface area (TPSA) is 99.1 Å². The number of halogens is 3. The fourth-order valence-corrected chi connectivity index (χ4v) is 1.84. The van der Waals surface area contributed by atoms with Crippen LogP contribution in [0.4, 0.5) is 19.0 Å². The molecule has 0 unspecified atom stereocenters. The molecule has 0 fully saturated rings. The lowest BCUT2D eigenvalue weighted by atomic mass is 10.1. The van der Waals surface area contributed by atoms with E-state index in [1.165, 1.54) is 6.20 Å². The number of imidazole rings is 1. The predicted molar refractivity (Wildman–Crippen MR) is 65.7 cm³/mol. The minimum absolute atomic E-state index is 0.180. The molecule has 11 heteroatoms. The van der Waals surface area contributed by atoms with Gasteiger partial charge in [-0.2, -0.15) is 23.1 Å². The molecule has 3 rings (SSSR count). The summed E-state index contributed by atoms with van der Waals surface area (Å²) >= 11 is 0. The van der Waals surface area contributed by atoms with E-state index in [2.05, 4.69) is 20.1 Å². The van der Waals surface area contributed by atoms with Crippen molar-refractivity contribution >= 4 is 11.6 Å². The van der Waals surface area contributed by atoms with Crippen LogP contribution in [0, 0.1) is 10.1 Å². The molecule has 0 aromatic carbocycles. The zero-order chi connectivity index (χ0) is 15.9. The standard InChI is InChI=1S/C11H5F3N6O2/c12-11(13,14)6-2-1-3-15-9(6)7-4-17-19-8(20(21)22)5-16-10(19)18-7/h1-5H. The van der Waals surface area contributed by atoms with Gasteiger partial charge in [-0.15, -0.1) is 0 Å². The third-order valence-electron chi connectivity index (χ3n) is 2.76. The average molecular weight is 310 g/mol. The van der Waals surface area contributed by atoms with Crippen LogP contribution in [-0.2, 0) is 6.18 Å². The third-order valence-corrected chi connectivity index (χ3v) is 2.76. The lowest BCUT2D eigenvalue weighted by Crippen LogP contribution is -2.09. The first-order chi connectivity index (χ1) is 10.4. The van der Waals surface area contributed by atoms with Crippen molar-refractivity contribution in [2.24, 2.45) is 0 Å². The van der Waals surface area contributed by atoms with E-state index in [9.17, 15) is 23.3 Å². The Balaban J connectivity index is 2.18. The SMILES string of the molecule is O=[N+]([O-])c1cnc2nc(-c3ncccc3C(F)(F)F)cnn12. The van der Waals surface area contributed by atoms with Crippen molar-refractivity contribution in [3.8, 4) is 11.4 Å². The molecule has 0 spiro atoms. The summed E-state index contributed by atoms with van der Waals surface area (Å²) in [5.74, 6) is -0.630. The minimum atomic E-state index is -4.61. The van der Waals surface area contributed by atoms with Crippen molar-refractivity contribution in [2.45, 2.75) is 6.18 Å². The van der Waals surface area contributed by atoms with Gasteiger partial charge in [0, 0.05) is 6.20 Å². The fourth-order valence-electron chi connectivity index (χ4n) is 1.84. The first-order valence-corrected chi connectivity index (χ1v) is 5.75. The number of nitrogens with zero attached hydrogens (tertiary/aromatic N) is 6. The molecule has 112 valence electrons. The van der Waals surface area contributed by atoms with Crippen LogP contribution in [0.3, 0.4) is 0 Å². The van der Waals surface area contributed by atoms with Crippen molar-refractivity contribution in [1.29, 1.82) is 0 Å². The zero-order valence-electron chi connectivity index (χ0n) is 10.5. The van der Waals surface area contributed by atoms with Gasteiger partial charge in [0.05, 0.1) is 11.8 Å². The van der Waals surface area contributed by atoms with Gasteiger partial charge in [-0.3, -0.25) is 4.98 Å². The van der Waals surface area contributed by atoms with Crippen molar-refractivity contribution < 1.29 is 18.1 Å². The summed E-state index contributed by atoms with van der Waals surface area (Å²) in [6, 6.07) is 2.01. The summed E-state index contributed by atoms with van der Waals surface area (Å²) in [5.41, 5.74) is -1.58. The number of hydrogen-bond acceptors (Lipinski definition) is 6. The van der Waals surface area contributed by atoms with Crippen LogP contribution < -0.4 is 0 Å². The Labute approximate surface area is 119 Å². The summed E-state index contributed by atoms with van der Waals surface area (Å²) in [4.78, 5) is 21.2. The van der Waals surface area contributed by atoms with E-state index in [4.69, 9.17) is 0 Å². The zero-order valence-corrected chi connectivity index (χ0v) is 10.5. The maximum Gasteiger partial charge on any atom is 0.418 e. The predicted octanol–water partition coefficient (Wildman–Crippen LogP) is 2.11. The molecule has 3 aromatic heterocycles. The Morgan fingerprint density at radius 3 is 2.68 bits per heavy atom. The summed E-state index contributed by atoms with van der Waals surface area (Å²) in [6.07, 6.45) is -1.54. The molecular formula is C11H5F3N6O2. The van der Waals surface area contributed by atoms with E-state index < -0.39 is 28.2 Å². The summed E-state index contributed by atoms with van der Waals surface area (Å²) < 4.78 is 39.7. The van der Waals surface area contributed by atoms with E-state index in [1.54, 1.807) is 0 Å². The molecule has 8 nitrogen and oxygen atoms in total. The Morgan fingerprint density at radius 1 is 1.23 bits per heavy atom. The largest absolute Gasteiger partial charge is 0.418 e. The summed E-state index contributed by atoms with van der Waals surface area (Å²) in [5, 5.41) is 14.4. The molecule has 0 aliphatic carbocycles. The fraction of sp³-hybridized carbons (Fsp3) is 0.0909. The van der Waals surface area contributed by atoms with Crippen LogP contribution >= 0.6 is 0 Å². The van der Waals surface area contributed by atoms with Crippen LogP contribution in [0.2, 0.25) is 0 Å². The highest BCUT2D eigenvalue weighted by Gasteiger charge is 2.35. The van der Waals surface area contributed by atoms with Crippen LogP contribution in [0.15, 0.2) is 30.7 Å². The monoisotopic (exact) mass is 310 g/mol. The lowest BCUT2D eigenvalue weighted by molar-refractivity contribution is -0.391. The molecule has 3 aromatic rings. The smallest absolute Gasteiger partial charge is 0.358 e. The quantitative estimate of drug-likeness (QED) is 0.531. The molecule has 0 radical (unpaired) electrons. The van der Waals surface area contributed by atoms with E-state index in [-0.39, 0.29) is 11.5 Å². The molecule has 22 heavy (non-hydrogen) atoms. The molecule has 0 N–H and O–H groups in total. The summed E-state index contributed by atoms with van der Waals surface area (Å²) in [7, 11) is 0. The third kappa shape index (κ3) is 2.21. The van der Waals surface area contributed by atoms with Gasteiger partial charge in [-0.05, 0) is 17.1 Å². The second-order valence-corrected chi connectivity index (χ2v) is 4.12. The molecule has 0 bridgehead atoms. The van der Waals surface area contributed by atoms with Crippen LogP contribution in [0.1, 0.15) is 5.56 Å². The van der Waals surface area contributed by atoms with Gasteiger partial charge in [0.2, 0.25) is 0 Å². The van der Waals surface area contributed by atoms with Gasteiger partial charge in [0.25, 0.3) is 0 Å². The highest BCUT2D eigenvalue weighted by atomic mass is 19.4. The lowest BCUT2D eigenvalue weighted by Gasteiger charge is -2.10. The first kappa shape index (κ1) is 13.9. The second-order valence-electron chi connectivity index (χ2n) is 4.12. The van der Waals surface area contributed by atoms with Gasteiger partial charge in [-0.25, -0.2) is 0 Å². The molecule has 0 atom stereocenters. The summed E-state index contributed by atoms with van der Waals surface area (Å²) in [6.45, 7) is 0. The second kappa shape index (κ2) is 4.72. The first-order valence-electron chi connectivity index (χ1n) is 5.75. The van der Waals surface area contributed by atoms with E-state index in [0.29, 0.717) is 0 Å². The van der Waals surface area contributed by atoms with E-state index in [0.717, 1.165) is 29.0 Å². The van der Waals surface area contributed by atoms with Gasteiger partial charge in [0.15, 0.2) is 0 Å². The number of fused-ring (bicyclic) bond motifs is 1. The van der Waals surface area contributed by atoms with E-state index in [1.807, 2.05) is 0 Å². The Hall–Kier alpha value is -3.11. The number of rotatable bonds is 2. The highest BCUT2D eigenvalue weighted by Crippen LogP contribution is 2.34. The maximum absolute atomic E-state index is 13.0. The van der Waals surface area contributed by atoms with Crippen molar-refractivity contribution in [3.63, 3.8) is 0 Å². The van der Waals surface area contributed by atoms with Crippen molar-refractivity contribution in [3.05, 3.63) is 46.4 Å². The van der Waals surface area contributed by atoms with Gasteiger partial charge in [0.1, 0.15) is 17.6 Å². The number of nitro groups is 1. The molecule has 0 aliphatic rings. The maximum atomic E-state index is 13.0.